The summed E-state index contributed by atoms with van der Waals surface area (Å²) in [5.41, 5.74) is 17.6. The van der Waals surface area contributed by atoms with Crippen LogP contribution >= 0.6 is 0 Å². The van der Waals surface area contributed by atoms with E-state index in [1.54, 1.807) is 0 Å². The normalized spacial score (nSPS) is 11.1. The molecule has 0 aliphatic heterocycles. The Hall–Kier alpha value is -7.68. The van der Waals surface area contributed by atoms with Gasteiger partial charge in [0.1, 0.15) is 0 Å². The van der Waals surface area contributed by atoms with Crippen LogP contribution in [0, 0.1) is 0 Å². The lowest BCUT2D eigenvalue weighted by Gasteiger charge is -2.15. The van der Waals surface area contributed by atoms with Crippen molar-refractivity contribution in [1.82, 2.24) is 9.97 Å². The Morgan fingerprint density at radius 3 is 0.948 bits per heavy atom. The Morgan fingerprint density at radius 1 is 0.190 bits per heavy atom. The molecular formula is C56H38N2. The first-order valence-corrected chi connectivity index (χ1v) is 19.7. The van der Waals surface area contributed by atoms with Gasteiger partial charge in [-0.1, -0.05) is 200 Å². The van der Waals surface area contributed by atoms with Crippen LogP contribution < -0.4 is 0 Å². The Balaban J connectivity index is 1.01. The van der Waals surface area contributed by atoms with Crippen molar-refractivity contribution in [2.75, 3.05) is 0 Å². The maximum absolute atomic E-state index is 5.14. The molecule has 0 bridgehead atoms. The van der Waals surface area contributed by atoms with E-state index in [1.807, 2.05) is 24.3 Å². The molecule has 0 fully saturated rings. The fourth-order valence-electron chi connectivity index (χ4n) is 7.93. The van der Waals surface area contributed by atoms with Crippen molar-refractivity contribution in [3.05, 3.63) is 231 Å². The van der Waals surface area contributed by atoms with Gasteiger partial charge in [-0.15, -0.1) is 0 Å². The molecule has 272 valence electrons. The second-order valence-corrected chi connectivity index (χ2v) is 14.6. The van der Waals surface area contributed by atoms with Crippen molar-refractivity contribution < 1.29 is 0 Å². The average molecular weight is 739 g/mol. The molecule has 0 spiro atoms. The summed E-state index contributed by atoms with van der Waals surface area (Å²) < 4.78 is 0. The molecule has 8 aromatic carbocycles. The smallest absolute Gasteiger partial charge is 0.0715 e. The van der Waals surface area contributed by atoms with E-state index in [4.69, 9.17) is 9.97 Å². The third-order valence-electron chi connectivity index (χ3n) is 10.9. The quantitative estimate of drug-likeness (QED) is 0.155. The predicted molar refractivity (Wildman–Crippen MR) is 243 cm³/mol. The van der Waals surface area contributed by atoms with E-state index in [-0.39, 0.29) is 0 Å². The maximum atomic E-state index is 5.14. The van der Waals surface area contributed by atoms with E-state index < -0.39 is 0 Å². The minimum Gasteiger partial charge on any atom is -0.248 e. The standard InChI is InChI=1S/C56H38N2/c1-5-16-41(17-6-1)53-35-47(36-54(57-53)42-18-7-2-8-19-42)40-30-28-39(29-31-40)45-24-15-25-46(34-45)49-32-33-50(52-27-14-13-26-51(49)52)48-37-55(43-20-9-3-10-21-43)58-56(38-48)44-22-11-4-12-23-44/h1-38H. The lowest BCUT2D eigenvalue weighted by Crippen LogP contribution is -1.92. The van der Waals surface area contributed by atoms with E-state index in [9.17, 15) is 0 Å². The summed E-state index contributed by atoms with van der Waals surface area (Å²) in [6.07, 6.45) is 0. The van der Waals surface area contributed by atoms with Gasteiger partial charge in [0.2, 0.25) is 0 Å². The molecule has 0 atom stereocenters. The first-order valence-electron chi connectivity index (χ1n) is 19.7. The number of nitrogens with zero attached hydrogens (tertiary/aromatic N) is 2. The highest BCUT2D eigenvalue weighted by Gasteiger charge is 2.15. The molecule has 0 aliphatic carbocycles. The summed E-state index contributed by atoms with van der Waals surface area (Å²) in [5, 5.41) is 2.43. The highest BCUT2D eigenvalue weighted by atomic mass is 14.7. The Labute approximate surface area is 339 Å². The molecule has 10 rings (SSSR count). The molecule has 2 heteroatoms. The molecule has 0 amide bonds. The van der Waals surface area contributed by atoms with Gasteiger partial charge >= 0.3 is 0 Å². The van der Waals surface area contributed by atoms with Crippen molar-refractivity contribution in [3.8, 4) is 89.5 Å². The van der Waals surface area contributed by atoms with Crippen molar-refractivity contribution in [3.63, 3.8) is 0 Å². The van der Waals surface area contributed by atoms with E-state index in [0.717, 1.165) is 61.7 Å². The Kier molecular flexibility index (Phi) is 9.27. The van der Waals surface area contributed by atoms with Gasteiger partial charge < -0.3 is 0 Å². The number of aromatic nitrogens is 2. The molecule has 0 N–H and O–H groups in total. The van der Waals surface area contributed by atoms with Crippen LogP contribution in [0.3, 0.4) is 0 Å². The van der Waals surface area contributed by atoms with Crippen LogP contribution in [0.4, 0.5) is 0 Å². The zero-order valence-corrected chi connectivity index (χ0v) is 31.8. The highest BCUT2D eigenvalue weighted by Crippen LogP contribution is 2.39. The molecule has 58 heavy (non-hydrogen) atoms. The van der Waals surface area contributed by atoms with Crippen LogP contribution in [0.5, 0.6) is 0 Å². The van der Waals surface area contributed by atoms with Crippen LogP contribution in [0.1, 0.15) is 0 Å². The largest absolute Gasteiger partial charge is 0.248 e. The number of hydrogen-bond acceptors (Lipinski definition) is 2. The van der Waals surface area contributed by atoms with Gasteiger partial charge in [0, 0.05) is 22.3 Å². The van der Waals surface area contributed by atoms with E-state index in [0.29, 0.717) is 0 Å². The fraction of sp³-hybridized carbons (Fsp3) is 0. The van der Waals surface area contributed by atoms with Gasteiger partial charge in [0.15, 0.2) is 0 Å². The van der Waals surface area contributed by atoms with Gasteiger partial charge in [0.25, 0.3) is 0 Å². The van der Waals surface area contributed by atoms with Gasteiger partial charge in [-0.05, 0) is 85.6 Å². The third-order valence-corrected chi connectivity index (χ3v) is 10.9. The lowest BCUT2D eigenvalue weighted by atomic mass is 9.90. The molecule has 0 aliphatic rings. The SMILES string of the molecule is c1ccc(-c2cc(-c3ccc(-c4cccc(-c5ccc(-c6cc(-c7ccccc7)nc(-c7ccccc7)c6)c6ccccc56)c4)cc3)cc(-c3ccccc3)n2)cc1. The minimum absolute atomic E-state index is 0.959. The van der Waals surface area contributed by atoms with Crippen LogP contribution in [-0.2, 0) is 0 Å². The summed E-state index contributed by atoms with van der Waals surface area (Å²) >= 11 is 0. The Morgan fingerprint density at radius 2 is 0.517 bits per heavy atom. The van der Waals surface area contributed by atoms with E-state index in [1.165, 1.54) is 38.6 Å². The summed E-state index contributed by atoms with van der Waals surface area (Å²) in [5.74, 6) is 0. The second kappa shape index (κ2) is 15.5. The summed E-state index contributed by atoms with van der Waals surface area (Å²) in [4.78, 5) is 10.2. The molecular weight excluding hydrogens is 701 g/mol. The molecule has 10 aromatic rings. The average Bonchev–Trinajstić information content (AvgIpc) is 3.32. The van der Waals surface area contributed by atoms with Gasteiger partial charge in [-0.2, -0.15) is 0 Å². The first kappa shape index (κ1) is 34.8. The first-order chi connectivity index (χ1) is 28.7. The third kappa shape index (κ3) is 7.00. The molecule has 2 aromatic heterocycles. The van der Waals surface area contributed by atoms with Crippen LogP contribution in [-0.4, -0.2) is 9.97 Å². The van der Waals surface area contributed by atoms with Crippen LogP contribution in [0.15, 0.2) is 231 Å². The molecule has 2 nitrogen and oxygen atoms in total. The Bertz CT molecular complexity index is 2900. The van der Waals surface area contributed by atoms with Crippen molar-refractivity contribution in [2.45, 2.75) is 0 Å². The topological polar surface area (TPSA) is 25.8 Å². The van der Waals surface area contributed by atoms with Crippen LogP contribution in [0.25, 0.3) is 100 Å². The second-order valence-electron chi connectivity index (χ2n) is 14.6. The van der Waals surface area contributed by atoms with Crippen molar-refractivity contribution >= 4 is 10.8 Å². The van der Waals surface area contributed by atoms with Gasteiger partial charge in [0.05, 0.1) is 22.8 Å². The number of pyridine rings is 2. The minimum atomic E-state index is 0.959. The summed E-state index contributed by atoms with van der Waals surface area (Å²) in [6, 6.07) is 81.8. The maximum Gasteiger partial charge on any atom is 0.0715 e. The van der Waals surface area contributed by atoms with Gasteiger partial charge in [-0.25, -0.2) is 9.97 Å². The molecule has 0 saturated carbocycles. The van der Waals surface area contributed by atoms with Crippen molar-refractivity contribution in [1.29, 1.82) is 0 Å². The monoisotopic (exact) mass is 738 g/mol. The zero-order chi connectivity index (χ0) is 38.7. The molecule has 0 unspecified atom stereocenters. The van der Waals surface area contributed by atoms with Crippen molar-refractivity contribution in [2.24, 2.45) is 0 Å². The predicted octanol–water partition coefficient (Wildman–Crippen LogP) is 15.0. The highest BCUT2D eigenvalue weighted by molar-refractivity contribution is 6.05. The van der Waals surface area contributed by atoms with E-state index in [2.05, 4.69) is 206 Å². The lowest BCUT2D eigenvalue weighted by molar-refractivity contribution is 1.32. The van der Waals surface area contributed by atoms with E-state index >= 15 is 0 Å². The zero-order valence-electron chi connectivity index (χ0n) is 31.8. The summed E-state index contributed by atoms with van der Waals surface area (Å²) in [7, 11) is 0. The summed E-state index contributed by atoms with van der Waals surface area (Å²) in [6.45, 7) is 0. The molecule has 0 saturated heterocycles. The molecule has 0 radical (unpaired) electrons. The number of rotatable bonds is 8. The number of hydrogen-bond donors (Lipinski definition) is 0. The fourth-order valence-corrected chi connectivity index (χ4v) is 7.93. The number of benzene rings is 8. The van der Waals surface area contributed by atoms with Gasteiger partial charge in [-0.3, -0.25) is 0 Å². The number of fused-ring (bicyclic) bond motifs is 1. The van der Waals surface area contributed by atoms with Crippen LogP contribution in [0.2, 0.25) is 0 Å². The molecule has 2 heterocycles.